The Balaban J connectivity index is 2.23. The molecular weight excluding hydrogens is 226 g/mol. The van der Waals surface area contributed by atoms with Crippen LogP contribution in [0.3, 0.4) is 0 Å². The van der Waals surface area contributed by atoms with E-state index in [4.69, 9.17) is 11.6 Å². The predicted octanol–water partition coefficient (Wildman–Crippen LogP) is 2.44. The predicted molar refractivity (Wildman–Crippen MR) is 55.4 cm³/mol. The molecule has 0 saturated carbocycles. The molecule has 0 aliphatic rings. The Kier molecular flexibility index (Phi) is 2.87. The van der Waals surface area contributed by atoms with Gasteiger partial charge in [0.25, 0.3) is 0 Å². The number of rotatable bonds is 3. The normalized spacial score (nSPS) is 10.5. The van der Waals surface area contributed by atoms with Crippen LogP contribution in [0, 0.1) is 0 Å². The topological polar surface area (TPSA) is 38.7 Å². The van der Waals surface area contributed by atoms with Crippen molar-refractivity contribution in [1.29, 1.82) is 0 Å². The standard InChI is InChI=1S/C7H6ClN3S2/c8-2-1-6-10-11-7(13-6)5-3-12-4-9-5/h3-4H,1-2H2. The Labute approximate surface area is 88.4 Å². The lowest BCUT2D eigenvalue weighted by atomic mass is 10.5. The van der Waals surface area contributed by atoms with Gasteiger partial charge >= 0.3 is 0 Å². The van der Waals surface area contributed by atoms with Crippen molar-refractivity contribution in [3.63, 3.8) is 0 Å². The van der Waals surface area contributed by atoms with Crippen LogP contribution in [0.2, 0.25) is 0 Å². The molecule has 0 amide bonds. The fraction of sp³-hybridized carbons (Fsp3) is 0.286. The summed E-state index contributed by atoms with van der Waals surface area (Å²) in [5.74, 6) is 0.589. The highest BCUT2D eigenvalue weighted by molar-refractivity contribution is 7.15. The Morgan fingerprint density at radius 1 is 1.38 bits per heavy atom. The number of hydrogen-bond donors (Lipinski definition) is 0. The van der Waals surface area contributed by atoms with E-state index in [0.29, 0.717) is 5.88 Å². The van der Waals surface area contributed by atoms with Gasteiger partial charge in [0.2, 0.25) is 0 Å². The molecule has 0 bridgehead atoms. The van der Waals surface area contributed by atoms with E-state index in [0.717, 1.165) is 22.1 Å². The molecule has 0 spiro atoms. The molecule has 2 aromatic heterocycles. The van der Waals surface area contributed by atoms with Gasteiger partial charge in [0, 0.05) is 17.7 Å². The van der Waals surface area contributed by atoms with Gasteiger partial charge in [-0.3, -0.25) is 0 Å². The van der Waals surface area contributed by atoms with Crippen LogP contribution in [0.1, 0.15) is 5.01 Å². The quantitative estimate of drug-likeness (QED) is 0.762. The Morgan fingerprint density at radius 2 is 2.31 bits per heavy atom. The van der Waals surface area contributed by atoms with Crippen molar-refractivity contribution in [2.75, 3.05) is 5.88 Å². The largest absolute Gasteiger partial charge is 0.242 e. The van der Waals surface area contributed by atoms with Crippen molar-refractivity contribution < 1.29 is 0 Å². The zero-order valence-corrected chi connectivity index (χ0v) is 8.99. The molecular formula is C7H6ClN3S2. The first-order valence-corrected chi connectivity index (χ1v) is 5.96. The number of nitrogens with zero attached hydrogens (tertiary/aromatic N) is 3. The first kappa shape index (κ1) is 9.05. The van der Waals surface area contributed by atoms with E-state index in [1.165, 1.54) is 0 Å². The first-order chi connectivity index (χ1) is 6.40. The maximum Gasteiger partial charge on any atom is 0.167 e. The molecule has 68 valence electrons. The molecule has 0 atom stereocenters. The lowest BCUT2D eigenvalue weighted by Gasteiger charge is -1.84. The maximum absolute atomic E-state index is 5.60. The fourth-order valence-electron chi connectivity index (χ4n) is 0.857. The first-order valence-electron chi connectivity index (χ1n) is 3.67. The summed E-state index contributed by atoms with van der Waals surface area (Å²) < 4.78 is 0. The van der Waals surface area contributed by atoms with Crippen molar-refractivity contribution >= 4 is 34.3 Å². The Morgan fingerprint density at radius 3 is 3.00 bits per heavy atom. The minimum Gasteiger partial charge on any atom is -0.242 e. The van der Waals surface area contributed by atoms with Crippen LogP contribution in [0.15, 0.2) is 10.9 Å². The van der Waals surface area contributed by atoms with E-state index in [-0.39, 0.29) is 0 Å². The minimum atomic E-state index is 0.589. The van der Waals surface area contributed by atoms with Gasteiger partial charge in [0.1, 0.15) is 10.7 Å². The highest BCUT2D eigenvalue weighted by Crippen LogP contribution is 2.23. The third kappa shape index (κ3) is 2.04. The van der Waals surface area contributed by atoms with Crippen molar-refractivity contribution in [2.45, 2.75) is 6.42 Å². The van der Waals surface area contributed by atoms with Gasteiger partial charge in [-0.25, -0.2) is 4.98 Å². The van der Waals surface area contributed by atoms with Crippen molar-refractivity contribution in [1.82, 2.24) is 15.2 Å². The van der Waals surface area contributed by atoms with Gasteiger partial charge in [-0.05, 0) is 0 Å². The van der Waals surface area contributed by atoms with E-state index in [2.05, 4.69) is 15.2 Å². The molecule has 0 aliphatic carbocycles. The summed E-state index contributed by atoms with van der Waals surface area (Å²) in [4.78, 5) is 4.15. The molecule has 3 nitrogen and oxygen atoms in total. The molecule has 0 fully saturated rings. The molecule has 13 heavy (non-hydrogen) atoms. The zero-order valence-electron chi connectivity index (χ0n) is 6.61. The molecule has 0 unspecified atom stereocenters. The van der Waals surface area contributed by atoms with Crippen LogP contribution in [0.4, 0.5) is 0 Å². The number of aromatic nitrogens is 3. The summed E-state index contributed by atoms with van der Waals surface area (Å²) >= 11 is 8.71. The molecule has 2 heterocycles. The molecule has 0 radical (unpaired) electrons. The molecule has 2 aromatic rings. The van der Waals surface area contributed by atoms with Crippen molar-refractivity contribution in [2.24, 2.45) is 0 Å². The number of aryl methyl sites for hydroxylation is 1. The van der Waals surface area contributed by atoms with Crippen LogP contribution < -0.4 is 0 Å². The summed E-state index contributed by atoms with van der Waals surface area (Å²) in [6.07, 6.45) is 0.781. The van der Waals surface area contributed by atoms with Crippen LogP contribution in [0.25, 0.3) is 10.7 Å². The number of thiazole rings is 1. The lowest BCUT2D eigenvalue weighted by molar-refractivity contribution is 0.988. The monoisotopic (exact) mass is 231 g/mol. The number of hydrogen-bond acceptors (Lipinski definition) is 5. The van der Waals surface area contributed by atoms with Gasteiger partial charge in [-0.2, -0.15) is 0 Å². The van der Waals surface area contributed by atoms with Crippen LogP contribution >= 0.6 is 34.3 Å². The highest BCUT2D eigenvalue weighted by atomic mass is 35.5. The smallest absolute Gasteiger partial charge is 0.167 e. The third-order valence-corrected chi connectivity index (χ3v) is 3.21. The summed E-state index contributed by atoms with van der Waals surface area (Å²) in [5.41, 5.74) is 2.70. The SMILES string of the molecule is ClCCc1nnc(-c2cscn2)s1. The number of alkyl halides is 1. The summed E-state index contributed by atoms with van der Waals surface area (Å²) in [6, 6.07) is 0. The van der Waals surface area contributed by atoms with E-state index in [1.54, 1.807) is 28.2 Å². The summed E-state index contributed by atoms with van der Waals surface area (Å²) in [7, 11) is 0. The average Bonchev–Trinajstić information content (AvgIpc) is 2.70. The zero-order chi connectivity index (χ0) is 9.10. The lowest BCUT2D eigenvalue weighted by Crippen LogP contribution is -1.82. The second-order valence-electron chi connectivity index (χ2n) is 2.31. The molecule has 0 aromatic carbocycles. The van der Waals surface area contributed by atoms with Gasteiger partial charge in [-0.1, -0.05) is 11.3 Å². The molecule has 2 rings (SSSR count). The third-order valence-electron chi connectivity index (χ3n) is 1.43. The maximum atomic E-state index is 5.60. The molecule has 0 N–H and O–H groups in total. The minimum absolute atomic E-state index is 0.589. The fourth-order valence-corrected chi connectivity index (χ4v) is 2.57. The van der Waals surface area contributed by atoms with E-state index >= 15 is 0 Å². The van der Waals surface area contributed by atoms with Gasteiger partial charge < -0.3 is 0 Å². The molecule has 0 aliphatic heterocycles. The van der Waals surface area contributed by atoms with E-state index in [1.807, 2.05) is 5.38 Å². The Bertz CT molecular complexity index is 371. The van der Waals surface area contributed by atoms with E-state index in [9.17, 15) is 0 Å². The second-order valence-corrected chi connectivity index (χ2v) is 4.47. The van der Waals surface area contributed by atoms with Gasteiger partial charge in [-0.15, -0.1) is 33.1 Å². The second kappa shape index (κ2) is 4.13. The summed E-state index contributed by atoms with van der Waals surface area (Å²) in [5, 5.41) is 11.9. The van der Waals surface area contributed by atoms with Crippen molar-refractivity contribution in [3.05, 3.63) is 15.9 Å². The van der Waals surface area contributed by atoms with Crippen LogP contribution in [-0.4, -0.2) is 21.1 Å². The molecule has 0 saturated heterocycles. The number of halogens is 1. The van der Waals surface area contributed by atoms with Gasteiger partial charge in [0.05, 0.1) is 5.51 Å². The average molecular weight is 232 g/mol. The highest BCUT2D eigenvalue weighted by Gasteiger charge is 2.06. The van der Waals surface area contributed by atoms with Crippen LogP contribution in [0.5, 0.6) is 0 Å². The molecule has 6 heteroatoms. The van der Waals surface area contributed by atoms with Crippen LogP contribution in [-0.2, 0) is 6.42 Å². The van der Waals surface area contributed by atoms with E-state index < -0.39 is 0 Å². The summed E-state index contributed by atoms with van der Waals surface area (Å²) in [6.45, 7) is 0. The van der Waals surface area contributed by atoms with Gasteiger partial charge in [0.15, 0.2) is 5.01 Å². The van der Waals surface area contributed by atoms with Crippen molar-refractivity contribution in [3.8, 4) is 10.7 Å². The Hall–Kier alpha value is -0.520.